The van der Waals surface area contributed by atoms with E-state index < -0.39 is 0 Å². The first-order valence-electron chi connectivity index (χ1n) is 3.85. The third-order valence-electron chi connectivity index (χ3n) is 1.60. The Balaban J connectivity index is 4.32. The maximum absolute atomic E-state index is 4.30. The molecule has 0 unspecified atom stereocenters. The van der Waals surface area contributed by atoms with E-state index in [9.17, 15) is 0 Å². The molecule has 0 aliphatic rings. The first kappa shape index (κ1) is 10.2. The van der Waals surface area contributed by atoms with Gasteiger partial charge in [-0.1, -0.05) is 27.0 Å². The lowest BCUT2D eigenvalue weighted by Gasteiger charge is -2.05. The molecule has 0 atom stereocenters. The van der Waals surface area contributed by atoms with Gasteiger partial charge in [0.2, 0.25) is 0 Å². The summed E-state index contributed by atoms with van der Waals surface area (Å²) in [5.74, 6) is 0.421. The van der Waals surface area contributed by atoms with Gasteiger partial charge in [0.1, 0.15) is 0 Å². The lowest BCUT2D eigenvalue weighted by atomic mass is 10.1. The second-order valence-electron chi connectivity index (χ2n) is 3.12. The molecule has 0 saturated heterocycles. The van der Waals surface area contributed by atoms with Crippen LogP contribution in [0.4, 0.5) is 0 Å². The Morgan fingerprint density at radius 3 is 1.91 bits per heavy atom. The van der Waals surface area contributed by atoms with Crippen LogP contribution in [-0.4, -0.2) is 5.71 Å². The van der Waals surface area contributed by atoms with Gasteiger partial charge in [-0.2, -0.15) is 0 Å². The van der Waals surface area contributed by atoms with Crippen LogP contribution in [0.3, 0.4) is 0 Å². The summed E-state index contributed by atoms with van der Waals surface area (Å²) in [6, 6.07) is 0. The summed E-state index contributed by atoms with van der Waals surface area (Å²) in [6.45, 7) is 15.7. The Hall–Kier alpha value is -0.850. The zero-order valence-corrected chi connectivity index (χ0v) is 7.94. The molecule has 11 heavy (non-hydrogen) atoms. The summed E-state index contributed by atoms with van der Waals surface area (Å²) in [6.07, 6.45) is 0. The Labute approximate surface area is 69.5 Å². The second-order valence-corrected chi connectivity index (χ2v) is 3.12. The third-order valence-corrected chi connectivity index (χ3v) is 1.60. The predicted molar refractivity (Wildman–Crippen MR) is 51.9 cm³/mol. The predicted octanol–water partition coefficient (Wildman–Crippen LogP) is 3.19. The van der Waals surface area contributed by atoms with E-state index in [-0.39, 0.29) is 0 Å². The van der Waals surface area contributed by atoms with Gasteiger partial charge in [-0.05, 0) is 25.3 Å². The minimum absolute atomic E-state index is 0.421. The van der Waals surface area contributed by atoms with Crippen molar-refractivity contribution < 1.29 is 0 Å². The maximum Gasteiger partial charge on any atom is 0.0399 e. The third kappa shape index (κ3) is 3.76. The van der Waals surface area contributed by atoms with Crippen LogP contribution in [0, 0.1) is 5.92 Å². The molecule has 0 amide bonds. The van der Waals surface area contributed by atoms with Crippen molar-refractivity contribution >= 4 is 5.71 Å². The van der Waals surface area contributed by atoms with Crippen LogP contribution in [0.1, 0.15) is 27.7 Å². The minimum Gasteiger partial charge on any atom is -0.258 e. The van der Waals surface area contributed by atoms with E-state index in [2.05, 4.69) is 32.0 Å². The Morgan fingerprint density at radius 2 is 1.64 bits per heavy atom. The SMILES string of the molecule is C=C(C)/C(C)=N\C(=C)C(C)C. The molecular formula is C10H17N. The highest BCUT2D eigenvalue weighted by Gasteiger charge is 1.98. The van der Waals surface area contributed by atoms with Gasteiger partial charge >= 0.3 is 0 Å². The molecule has 1 heteroatoms. The van der Waals surface area contributed by atoms with Crippen LogP contribution in [0.2, 0.25) is 0 Å². The number of allylic oxidation sites excluding steroid dienone is 2. The zero-order valence-electron chi connectivity index (χ0n) is 7.94. The van der Waals surface area contributed by atoms with Gasteiger partial charge in [0, 0.05) is 11.4 Å². The van der Waals surface area contributed by atoms with Gasteiger partial charge in [0.15, 0.2) is 0 Å². The van der Waals surface area contributed by atoms with Crippen molar-refractivity contribution in [3.63, 3.8) is 0 Å². The standard InChI is InChI=1S/C10H17N/c1-7(2)9(5)11-10(6)8(3)4/h8H,1,6H2,2-5H3/b11-9-. The molecule has 0 fully saturated rings. The normalized spacial score (nSPS) is 11.9. The molecule has 1 nitrogen and oxygen atoms in total. The molecule has 0 spiro atoms. The van der Waals surface area contributed by atoms with Crippen molar-refractivity contribution in [2.75, 3.05) is 0 Å². The quantitative estimate of drug-likeness (QED) is 0.549. The number of hydrogen-bond donors (Lipinski definition) is 0. The molecule has 0 aromatic rings. The first-order valence-corrected chi connectivity index (χ1v) is 3.85. The van der Waals surface area contributed by atoms with Gasteiger partial charge in [-0.15, -0.1) is 0 Å². The van der Waals surface area contributed by atoms with E-state index in [0.29, 0.717) is 5.92 Å². The minimum atomic E-state index is 0.421. The summed E-state index contributed by atoms with van der Waals surface area (Å²) in [5.41, 5.74) is 2.90. The average molecular weight is 151 g/mol. The van der Waals surface area contributed by atoms with Crippen molar-refractivity contribution in [3.8, 4) is 0 Å². The second kappa shape index (κ2) is 4.12. The number of rotatable bonds is 3. The molecule has 0 aliphatic carbocycles. The van der Waals surface area contributed by atoms with E-state index in [0.717, 1.165) is 17.0 Å². The molecule has 0 saturated carbocycles. The Kier molecular flexibility index (Phi) is 3.80. The molecule has 0 aromatic heterocycles. The van der Waals surface area contributed by atoms with E-state index in [1.54, 1.807) is 0 Å². The fourth-order valence-electron chi connectivity index (χ4n) is 0.440. The molecule has 0 aromatic carbocycles. The summed E-state index contributed by atoms with van der Waals surface area (Å²) < 4.78 is 0. The molecule has 0 aliphatic heterocycles. The highest BCUT2D eigenvalue weighted by atomic mass is 14.8. The largest absolute Gasteiger partial charge is 0.258 e. The van der Waals surface area contributed by atoms with Crippen LogP contribution < -0.4 is 0 Å². The average Bonchev–Trinajstić information content (AvgIpc) is 1.87. The lowest BCUT2D eigenvalue weighted by molar-refractivity contribution is 0.762. The summed E-state index contributed by atoms with van der Waals surface area (Å²) in [5, 5.41) is 0. The zero-order chi connectivity index (χ0) is 9.02. The van der Waals surface area contributed by atoms with Crippen LogP contribution in [-0.2, 0) is 0 Å². The number of nitrogens with zero attached hydrogens (tertiary/aromatic N) is 1. The molecule has 0 bridgehead atoms. The highest BCUT2D eigenvalue weighted by Crippen LogP contribution is 2.09. The summed E-state index contributed by atoms with van der Waals surface area (Å²) >= 11 is 0. The highest BCUT2D eigenvalue weighted by molar-refractivity contribution is 5.97. The lowest BCUT2D eigenvalue weighted by Crippen LogP contribution is -1.96. The molecule has 0 rings (SSSR count). The molecule has 62 valence electrons. The molecule has 0 heterocycles. The first-order chi connectivity index (χ1) is 4.95. The Morgan fingerprint density at radius 1 is 1.18 bits per heavy atom. The molecule has 0 radical (unpaired) electrons. The van der Waals surface area contributed by atoms with Gasteiger partial charge in [0.25, 0.3) is 0 Å². The van der Waals surface area contributed by atoms with Gasteiger partial charge < -0.3 is 0 Å². The summed E-state index contributed by atoms with van der Waals surface area (Å²) in [7, 11) is 0. The van der Waals surface area contributed by atoms with Gasteiger partial charge in [-0.3, -0.25) is 4.99 Å². The maximum atomic E-state index is 4.30. The van der Waals surface area contributed by atoms with Crippen LogP contribution >= 0.6 is 0 Å². The molecule has 0 N–H and O–H groups in total. The number of hydrogen-bond acceptors (Lipinski definition) is 1. The summed E-state index contributed by atoms with van der Waals surface area (Å²) in [4.78, 5) is 4.30. The van der Waals surface area contributed by atoms with E-state index >= 15 is 0 Å². The van der Waals surface area contributed by atoms with Crippen molar-refractivity contribution in [1.82, 2.24) is 0 Å². The fourth-order valence-corrected chi connectivity index (χ4v) is 0.440. The Bertz CT molecular complexity index is 197. The van der Waals surface area contributed by atoms with Crippen molar-refractivity contribution in [3.05, 3.63) is 24.4 Å². The number of aliphatic imine (C=N–C) groups is 1. The van der Waals surface area contributed by atoms with Crippen molar-refractivity contribution in [2.45, 2.75) is 27.7 Å². The van der Waals surface area contributed by atoms with Crippen LogP contribution in [0.15, 0.2) is 29.4 Å². The smallest absolute Gasteiger partial charge is 0.0399 e. The van der Waals surface area contributed by atoms with Gasteiger partial charge in [0.05, 0.1) is 0 Å². The van der Waals surface area contributed by atoms with Gasteiger partial charge in [-0.25, -0.2) is 0 Å². The van der Waals surface area contributed by atoms with Crippen molar-refractivity contribution in [1.29, 1.82) is 0 Å². The van der Waals surface area contributed by atoms with E-state index in [1.165, 1.54) is 0 Å². The van der Waals surface area contributed by atoms with Crippen LogP contribution in [0.5, 0.6) is 0 Å². The van der Waals surface area contributed by atoms with Crippen LogP contribution in [0.25, 0.3) is 0 Å². The van der Waals surface area contributed by atoms with E-state index in [4.69, 9.17) is 0 Å². The van der Waals surface area contributed by atoms with Crippen molar-refractivity contribution in [2.24, 2.45) is 10.9 Å². The topological polar surface area (TPSA) is 12.4 Å². The monoisotopic (exact) mass is 151 g/mol. The molecular weight excluding hydrogens is 134 g/mol. The fraction of sp³-hybridized carbons (Fsp3) is 0.500. The van der Waals surface area contributed by atoms with E-state index in [1.807, 2.05) is 13.8 Å².